The predicted molar refractivity (Wildman–Crippen MR) is 97.9 cm³/mol. The van der Waals surface area contributed by atoms with Gasteiger partial charge in [-0.15, -0.1) is 0 Å². The van der Waals surface area contributed by atoms with Crippen LogP contribution in [0.25, 0.3) is 0 Å². The average molecular weight is 337 g/mol. The lowest BCUT2D eigenvalue weighted by molar-refractivity contribution is 0.568. The molecule has 2 rings (SSSR count). The number of anilines is 2. The third-order valence-corrected chi connectivity index (χ3v) is 6.43. The quantitative estimate of drug-likeness (QED) is 0.518. The van der Waals surface area contributed by atoms with Crippen LogP contribution < -0.4 is 9.62 Å². The molecular formula is C17H27N3O2S. The molecular weight excluding hydrogens is 310 g/mol. The number of benzene rings is 1. The molecule has 0 atom stereocenters. The van der Waals surface area contributed by atoms with E-state index < -0.39 is 10.0 Å². The van der Waals surface area contributed by atoms with E-state index >= 15 is 0 Å². The standard InChI is InChI=1S/C17H27N3O2S/c1-14(18-2)20(3)16-12-10-15(11-13-16)19-23(21,22)17-8-6-4-5-7-9-17/h10-13,17,19H,4-9H2,1-3H3. The molecule has 1 saturated carbocycles. The maximum absolute atomic E-state index is 12.5. The van der Waals surface area contributed by atoms with Crippen molar-refractivity contribution in [3.63, 3.8) is 0 Å². The fourth-order valence-corrected chi connectivity index (χ4v) is 4.47. The van der Waals surface area contributed by atoms with Crippen molar-refractivity contribution < 1.29 is 8.42 Å². The monoisotopic (exact) mass is 337 g/mol. The summed E-state index contributed by atoms with van der Waals surface area (Å²) in [4.78, 5) is 6.11. The van der Waals surface area contributed by atoms with Gasteiger partial charge in [0.25, 0.3) is 0 Å². The summed E-state index contributed by atoms with van der Waals surface area (Å²) in [6, 6.07) is 7.42. The Morgan fingerprint density at radius 3 is 2.22 bits per heavy atom. The van der Waals surface area contributed by atoms with Crippen LogP contribution in [0.2, 0.25) is 0 Å². The SMILES string of the molecule is CN=C(C)N(C)c1ccc(NS(=O)(=O)C2CCCCCC2)cc1. The third-order valence-electron chi connectivity index (χ3n) is 4.56. The fourth-order valence-electron chi connectivity index (χ4n) is 2.89. The summed E-state index contributed by atoms with van der Waals surface area (Å²) in [6.07, 6.45) is 5.83. The zero-order chi connectivity index (χ0) is 16.9. The number of nitrogens with one attached hydrogen (secondary N) is 1. The first-order chi connectivity index (χ1) is 10.9. The summed E-state index contributed by atoms with van der Waals surface area (Å²) in [5.41, 5.74) is 1.60. The van der Waals surface area contributed by atoms with Crippen molar-refractivity contribution in [3.05, 3.63) is 24.3 Å². The van der Waals surface area contributed by atoms with Gasteiger partial charge in [-0.05, 0) is 44.0 Å². The normalized spacial score (nSPS) is 17.6. The van der Waals surface area contributed by atoms with Gasteiger partial charge in [-0.3, -0.25) is 9.71 Å². The second-order valence-electron chi connectivity index (χ2n) is 6.14. The van der Waals surface area contributed by atoms with E-state index in [1.54, 1.807) is 7.05 Å². The van der Waals surface area contributed by atoms with Crippen LogP contribution in [0.1, 0.15) is 45.4 Å². The van der Waals surface area contributed by atoms with E-state index in [9.17, 15) is 8.42 Å². The molecule has 0 bridgehead atoms. The topological polar surface area (TPSA) is 61.8 Å². The molecule has 0 amide bonds. The minimum atomic E-state index is -3.30. The number of sulfonamides is 1. The number of aliphatic imine (C=N–C) groups is 1. The van der Waals surface area contributed by atoms with Gasteiger partial charge in [-0.1, -0.05) is 25.7 Å². The summed E-state index contributed by atoms with van der Waals surface area (Å²) in [7, 11) is 0.387. The van der Waals surface area contributed by atoms with Gasteiger partial charge < -0.3 is 4.90 Å². The van der Waals surface area contributed by atoms with Crippen molar-refractivity contribution >= 4 is 27.2 Å². The van der Waals surface area contributed by atoms with Gasteiger partial charge in [0.1, 0.15) is 0 Å². The first kappa shape index (κ1) is 17.8. The Hall–Kier alpha value is -1.56. The molecule has 0 saturated heterocycles. The smallest absolute Gasteiger partial charge is 0.235 e. The molecule has 0 unspecified atom stereocenters. The molecule has 1 N–H and O–H groups in total. The summed E-state index contributed by atoms with van der Waals surface area (Å²) < 4.78 is 27.8. The first-order valence-electron chi connectivity index (χ1n) is 8.23. The Morgan fingerprint density at radius 1 is 1.13 bits per heavy atom. The van der Waals surface area contributed by atoms with Crippen LogP contribution in [0.15, 0.2) is 29.3 Å². The van der Waals surface area contributed by atoms with E-state index in [-0.39, 0.29) is 5.25 Å². The summed E-state index contributed by atoms with van der Waals surface area (Å²) >= 11 is 0. The van der Waals surface area contributed by atoms with Crippen LogP contribution in [0, 0.1) is 0 Å². The van der Waals surface area contributed by atoms with Crippen molar-refractivity contribution in [1.82, 2.24) is 0 Å². The van der Waals surface area contributed by atoms with E-state index in [1.807, 2.05) is 43.1 Å². The van der Waals surface area contributed by atoms with Crippen LogP contribution in [0.3, 0.4) is 0 Å². The molecule has 128 valence electrons. The molecule has 1 aliphatic rings. The number of rotatable bonds is 4. The Bertz CT molecular complexity index is 630. The second kappa shape index (κ2) is 7.81. The second-order valence-corrected chi connectivity index (χ2v) is 8.10. The van der Waals surface area contributed by atoms with Crippen LogP contribution >= 0.6 is 0 Å². The highest BCUT2D eigenvalue weighted by Gasteiger charge is 2.26. The fraction of sp³-hybridized carbons (Fsp3) is 0.588. The molecule has 1 aromatic carbocycles. The Labute approximate surface area is 139 Å². The van der Waals surface area contributed by atoms with Gasteiger partial charge in [0.2, 0.25) is 10.0 Å². The van der Waals surface area contributed by atoms with E-state index in [2.05, 4.69) is 9.71 Å². The maximum Gasteiger partial charge on any atom is 0.235 e. The molecule has 5 nitrogen and oxygen atoms in total. The zero-order valence-electron chi connectivity index (χ0n) is 14.2. The Kier molecular flexibility index (Phi) is 6.04. The minimum Gasteiger partial charge on any atom is -0.334 e. The minimum absolute atomic E-state index is 0.262. The van der Waals surface area contributed by atoms with Crippen molar-refractivity contribution in [2.75, 3.05) is 23.7 Å². The van der Waals surface area contributed by atoms with Crippen LogP contribution in [0.5, 0.6) is 0 Å². The maximum atomic E-state index is 12.5. The number of amidine groups is 1. The summed E-state index contributed by atoms with van der Waals surface area (Å²) in [5, 5.41) is -0.262. The van der Waals surface area contributed by atoms with Gasteiger partial charge in [0, 0.05) is 25.5 Å². The highest BCUT2D eigenvalue weighted by atomic mass is 32.2. The van der Waals surface area contributed by atoms with Gasteiger partial charge in [-0.2, -0.15) is 0 Å². The van der Waals surface area contributed by atoms with Gasteiger partial charge in [0.05, 0.1) is 11.1 Å². The molecule has 0 heterocycles. The average Bonchev–Trinajstić information content (AvgIpc) is 2.83. The molecule has 1 aromatic rings. The lowest BCUT2D eigenvalue weighted by Crippen LogP contribution is -2.27. The van der Waals surface area contributed by atoms with Crippen molar-refractivity contribution in [3.8, 4) is 0 Å². The first-order valence-corrected chi connectivity index (χ1v) is 9.77. The third kappa shape index (κ3) is 4.70. The molecule has 1 fully saturated rings. The zero-order valence-corrected chi connectivity index (χ0v) is 15.1. The van der Waals surface area contributed by atoms with E-state index in [1.165, 1.54) is 0 Å². The van der Waals surface area contributed by atoms with E-state index in [0.29, 0.717) is 5.69 Å². The Balaban J connectivity index is 2.07. The van der Waals surface area contributed by atoms with Gasteiger partial charge in [0.15, 0.2) is 0 Å². The van der Waals surface area contributed by atoms with Gasteiger partial charge in [-0.25, -0.2) is 8.42 Å². The molecule has 23 heavy (non-hydrogen) atoms. The van der Waals surface area contributed by atoms with E-state index in [4.69, 9.17) is 0 Å². The number of hydrogen-bond donors (Lipinski definition) is 1. The van der Waals surface area contributed by atoms with Crippen molar-refractivity contribution in [1.29, 1.82) is 0 Å². The number of nitrogens with zero attached hydrogens (tertiary/aromatic N) is 2. The molecule has 0 radical (unpaired) electrons. The van der Waals surface area contributed by atoms with Crippen LogP contribution in [-0.2, 0) is 10.0 Å². The van der Waals surface area contributed by atoms with E-state index in [0.717, 1.165) is 50.0 Å². The predicted octanol–water partition coefficient (Wildman–Crippen LogP) is 3.64. The lowest BCUT2D eigenvalue weighted by atomic mass is 10.2. The Morgan fingerprint density at radius 2 is 1.70 bits per heavy atom. The van der Waals surface area contributed by atoms with Crippen LogP contribution in [-0.4, -0.2) is 33.6 Å². The molecule has 1 aliphatic carbocycles. The highest BCUT2D eigenvalue weighted by Crippen LogP contribution is 2.25. The summed E-state index contributed by atoms with van der Waals surface area (Å²) in [5.74, 6) is 0.900. The van der Waals surface area contributed by atoms with Crippen molar-refractivity contribution in [2.24, 2.45) is 4.99 Å². The molecule has 0 spiro atoms. The largest absolute Gasteiger partial charge is 0.334 e. The van der Waals surface area contributed by atoms with Crippen LogP contribution in [0.4, 0.5) is 11.4 Å². The van der Waals surface area contributed by atoms with Crippen molar-refractivity contribution in [2.45, 2.75) is 50.7 Å². The highest BCUT2D eigenvalue weighted by molar-refractivity contribution is 7.93. The number of hydrogen-bond acceptors (Lipinski definition) is 3. The summed E-state index contributed by atoms with van der Waals surface area (Å²) in [6.45, 7) is 1.93. The molecule has 0 aliphatic heterocycles. The molecule has 6 heteroatoms. The van der Waals surface area contributed by atoms with Gasteiger partial charge >= 0.3 is 0 Å². The lowest BCUT2D eigenvalue weighted by Gasteiger charge is -2.20. The molecule has 0 aromatic heterocycles.